The van der Waals surface area contributed by atoms with Crippen LogP contribution in [-0.2, 0) is 23.4 Å². The molecule has 0 saturated heterocycles. The second-order valence-corrected chi connectivity index (χ2v) is 8.87. The van der Waals surface area contributed by atoms with Crippen molar-refractivity contribution in [3.05, 3.63) is 47.3 Å². The molecule has 2 atom stereocenters. The van der Waals surface area contributed by atoms with E-state index in [0.29, 0.717) is 23.3 Å². The first kappa shape index (κ1) is 19.5. The molecule has 1 amide bonds. The number of nitrogens with one attached hydrogen (secondary N) is 3. The Hall–Kier alpha value is -2.26. The van der Waals surface area contributed by atoms with Crippen LogP contribution in [-0.4, -0.2) is 20.7 Å². The lowest BCUT2D eigenvalue weighted by molar-refractivity contribution is 0.101. The molecule has 0 saturated carbocycles. The van der Waals surface area contributed by atoms with Crippen LogP contribution in [0.15, 0.2) is 29.3 Å². The molecule has 0 fully saturated rings. The van der Waals surface area contributed by atoms with Gasteiger partial charge in [-0.3, -0.25) is 4.79 Å². The Bertz CT molecular complexity index is 999. The highest BCUT2D eigenvalue weighted by Crippen LogP contribution is 2.29. The van der Waals surface area contributed by atoms with Gasteiger partial charge < -0.3 is 9.88 Å². The molecule has 0 radical (unpaired) electrons. The van der Waals surface area contributed by atoms with Crippen molar-refractivity contribution < 1.29 is 17.8 Å². The van der Waals surface area contributed by atoms with Gasteiger partial charge in [-0.2, -0.15) is 0 Å². The first-order valence-corrected chi connectivity index (χ1v) is 10.2. The van der Waals surface area contributed by atoms with Gasteiger partial charge in [0.25, 0.3) is 5.91 Å². The summed E-state index contributed by atoms with van der Waals surface area (Å²) in [5, 5.41) is 2.54. The fourth-order valence-corrected chi connectivity index (χ4v) is 5.10. The van der Waals surface area contributed by atoms with Crippen molar-refractivity contribution in [3.63, 3.8) is 0 Å². The molecule has 3 N–H and O–H groups in total. The van der Waals surface area contributed by atoms with Crippen LogP contribution in [0.4, 0.5) is 14.5 Å². The SMILES string of the molecule is CC(C)[C@@H]1CCc2c(cn(C)c2C(=O)Nc2ccc(F)c(F)c2)S(=N)(=O)N1. The van der Waals surface area contributed by atoms with Crippen molar-refractivity contribution in [2.75, 3.05) is 5.32 Å². The summed E-state index contributed by atoms with van der Waals surface area (Å²) in [6.45, 7) is 3.97. The maximum atomic E-state index is 13.4. The molecular weight excluding hydrogens is 374 g/mol. The van der Waals surface area contributed by atoms with Gasteiger partial charge >= 0.3 is 0 Å². The van der Waals surface area contributed by atoms with Gasteiger partial charge in [-0.25, -0.2) is 22.5 Å². The van der Waals surface area contributed by atoms with Gasteiger partial charge in [-0.05, 0) is 30.9 Å². The Labute approximate surface area is 157 Å². The largest absolute Gasteiger partial charge is 0.345 e. The van der Waals surface area contributed by atoms with Gasteiger partial charge in [0.15, 0.2) is 11.6 Å². The molecule has 1 aromatic heterocycles. The maximum absolute atomic E-state index is 13.4. The number of carbonyl (C=O) groups is 1. The van der Waals surface area contributed by atoms with Gasteiger partial charge in [0.2, 0.25) is 0 Å². The lowest BCUT2D eigenvalue weighted by atomic mass is 9.97. The number of aromatic nitrogens is 1. The van der Waals surface area contributed by atoms with E-state index < -0.39 is 27.5 Å². The smallest absolute Gasteiger partial charge is 0.272 e. The number of benzene rings is 1. The summed E-state index contributed by atoms with van der Waals surface area (Å²) in [6.07, 6.45) is 2.65. The van der Waals surface area contributed by atoms with Crippen molar-refractivity contribution in [3.8, 4) is 0 Å². The Morgan fingerprint density at radius 2 is 2.07 bits per heavy atom. The number of anilines is 1. The molecule has 6 nitrogen and oxygen atoms in total. The zero-order valence-electron chi connectivity index (χ0n) is 15.3. The van der Waals surface area contributed by atoms with Crippen molar-refractivity contribution in [2.45, 2.75) is 37.6 Å². The van der Waals surface area contributed by atoms with Crippen LogP contribution in [0.1, 0.15) is 36.3 Å². The van der Waals surface area contributed by atoms with Crippen LogP contribution in [0, 0.1) is 22.3 Å². The predicted molar refractivity (Wildman–Crippen MR) is 98.9 cm³/mol. The van der Waals surface area contributed by atoms with Crippen LogP contribution >= 0.6 is 0 Å². The summed E-state index contributed by atoms with van der Waals surface area (Å²) >= 11 is 0. The topological polar surface area (TPSA) is 87.0 Å². The third-order valence-electron chi connectivity index (χ3n) is 4.78. The zero-order chi connectivity index (χ0) is 19.9. The van der Waals surface area contributed by atoms with E-state index in [0.717, 1.165) is 12.1 Å². The minimum atomic E-state index is -3.25. The molecule has 0 bridgehead atoms. The predicted octanol–water partition coefficient (Wildman–Crippen LogP) is 3.44. The van der Waals surface area contributed by atoms with Gasteiger partial charge in [0.1, 0.15) is 15.6 Å². The summed E-state index contributed by atoms with van der Waals surface area (Å²) in [6, 6.07) is 3.00. The molecular formula is C18H22F2N4O2S. The van der Waals surface area contributed by atoms with Crippen LogP contribution < -0.4 is 10.0 Å². The Kier molecular flexibility index (Phi) is 5.09. The van der Waals surface area contributed by atoms with E-state index in [1.54, 1.807) is 7.05 Å². The van der Waals surface area contributed by atoms with E-state index in [-0.39, 0.29) is 23.3 Å². The second kappa shape index (κ2) is 7.05. The monoisotopic (exact) mass is 396 g/mol. The minimum Gasteiger partial charge on any atom is -0.345 e. The number of carbonyl (C=O) groups excluding carboxylic acids is 1. The molecule has 2 heterocycles. The molecule has 27 heavy (non-hydrogen) atoms. The molecule has 1 aromatic carbocycles. The van der Waals surface area contributed by atoms with E-state index in [4.69, 9.17) is 4.78 Å². The lowest BCUT2D eigenvalue weighted by Gasteiger charge is -2.20. The number of nitrogens with zero attached hydrogens (tertiary/aromatic N) is 1. The molecule has 1 aliphatic heterocycles. The Morgan fingerprint density at radius 3 is 2.70 bits per heavy atom. The normalized spacial score (nSPS) is 22.4. The average molecular weight is 396 g/mol. The fraction of sp³-hybridized carbons (Fsp3) is 0.389. The van der Waals surface area contributed by atoms with Gasteiger partial charge in [-0.15, -0.1) is 0 Å². The summed E-state index contributed by atoms with van der Waals surface area (Å²) in [5.41, 5.74) is 0.932. The van der Waals surface area contributed by atoms with Gasteiger partial charge in [-0.1, -0.05) is 13.8 Å². The van der Waals surface area contributed by atoms with E-state index in [9.17, 15) is 17.8 Å². The van der Waals surface area contributed by atoms with E-state index in [1.165, 1.54) is 16.8 Å². The summed E-state index contributed by atoms with van der Waals surface area (Å²) < 4.78 is 52.1. The third kappa shape index (κ3) is 3.74. The van der Waals surface area contributed by atoms with Crippen molar-refractivity contribution in [2.24, 2.45) is 13.0 Å². The van der Waals surface area contributed by atoms with Crippen molar-refractivity contribution >= 4 is 21.5 Å². The standard InChI is InChI=1S/C18H22F2N4O2S/c1-10(2)15-7-5-12-16(27(21,26)23-15)9-24(3)17(12)18(25)22-11-4-6-13(19)14(20)8-11/h4,6,8-10,15H,5,7H2,1-3H3,(H,22,25)(H2,21,23,26)/t15-,27?/m0/s1. The number of rotatable bonds is 3. The number of amides is 1. The molecule has 9 heteroatoms. The average Bonchev–Trinajstić information content (AvgIpc) is 2.85. The van der Waals surface area contributed by atoms with Gasteiger partial charge in [0, 0.05) is 36.6 Å². The van der Waals surface area contributed by atoms with Crippen LogP contribution in [0.25, 0.3) is 0 Å². The van der Waals surface area contributed by atoms with Crippen LogP contribution in [0.2, 0.25) is 0 Å². The Balaban J connectivity index is 1.97. The molecule has 2 aromatic rings. The van der Waals surface area contributed by atoms with E-state index in [2.05, 4.69) is 10.0 Å². The number of aryl methyl sites for hydroxylation is 1. The maximum Gasteiger partial charge on any atom is 0.272 e. The fourth-order valence-electron chi connectivity index (χ4n) is 3.30. The minimum absolute atomic E-state index is 0.102. The third-order valence-corrected chi connectivity index (χ3v) is 6.38. The first-order valence-electron chi connectivity index (χ1n) is 8.61. The highest BCUT2D eigenvalue weighted by atomic mass is 32.2. The van der Waals surface area contributed by atoms with Crippen LogP contribution in [0.3, 0.4) is 0 Å². The zero-order valence-corrected chi connectivity index (χ0v) is 16.1. The van der Waals surface area contributed by atoms with E-state index in [1.807, 2.05) is 13.8 Å². The van der Waals surface area contributed by atoms with Crippen molar-refractivity contribution in [1.82, 2.24) is 9.29 Å². The molecule has 0 spiro atoms. The highest BCUT2D eigenvalue weighted by molar-refractivity contribution is 7.90. The molecule has 1 aliphatic rings. The van der Waals surface area contributed by atoms with Crippen molar-refractivity contribution in [1.29, 1.82) is 4.78 Å². The summed E-state index contributed by atoms with van der Waals surface area (Å²) in [5.74, 6) is -2.39. The van der Waals surface area contributed by atoms with Gasteiger partial charge in [0.05, 0.1) is 4.90 Å². The number of hydrogen-bond acceptors (Lipinski definition) is 3. The lowest BCUT2D eigenvalue weighted by Crippen LogP contribution is -2.36. The van der Waals surface area contributed by atoms with Crippen LogP contribution in [0.5, 0.6) is 0 Å². The highest BCUT2D eigenvalue weighted by Gasteiger charge is 2.31. The summed E-state index contributed by atoms with van der Waals surface area (Å²) in [7, 11) is -1.62. The molecule has 0 aliphatic carbocycles. The number of fused-ring (bicyclic) bond motifs is 1. The molecule has 1 unspecified atom stereocenters. The number of halogens is 2. The Morgan fingerprint density at radius 1 is 1.37 bits per heavy atom. The quantitative estimate of drug-likeness (QED) is 0.742. The van der Waals surface area contributed by atoms with E-state index >= 15 is 0 Å². The number of hydrogen-bond donors (Lipinski definition) is 3. The first-order chi connectivity index (χ1) is 12.6. The molecule has 146 valence electrons. The second-order valence-electron chi connectivity index (χ2n) is 7.08. The molecule has 3 rings (SSSR count). The summed E-state index contributed by atoms with van der Waals surface area (Å²) in [4.78, 5) is 13.1.